The summed E-state index contributed by atoms with van der Waals surface area (Å²) in [5, 5.41) is 16.5. The number of amides is 1. The maximum atomic E-state index is 12.2. The highest BCUT2D eigenvalue weighted by atomic mass is 16.1. The number of hydrogen-bond acceptors (Lipinski definition) is 6. The van der Waals surface area contributed by atoms with Crippen LogP contribution in [-0.2, 0) is 0 Å². The molecule has 27 heavy (non-hydrogen) atoms. The van der Waals surface area contributed by atoms with Crippen molar-refractivity contribution in [3.63, 3.8) is 0 Å². The van der Waals surface area contributed by atoms with E-state index in [1.165, 1.54) is 12.4 Å². The first-order valence-corrected chi connectivity index (χ1v) is 8.39. The first kappa shape index (κ1) is 18.1. The van der Waals surface area contributed by atoms with Crippen LogP contribution in [0.4, 0.5) is 23.0 Å². The van der Waals surface area contributed by atoms with Gasteiger partial charge in [0.1, 0.15) is 11.6 Å². The van der Waals surface area contributed by atoms with Crippen LogP contribution in [0.15, 0.2) is 54.9 Å². The Labute approximate surface area is 157 Å². The minimum Gasteiger partial charge on any atom is -0.355 e. The van der Waals surface area contributed by atoms with Gasteiger partial charge in [-0.05, 0) is 24.6 Å². The Balaban J connectivity index is 1.96. The Morgan fingerprint density at radius 3 is 2.48 bits per heavy atom. The van der Waals surface area contributed by atoms with E-state index in [1.54, 1.807) is 19.3 Å². The Morgan fingerprint density at radius 2 is 1.78 bits per heavy atom. The molecule has 0 radical (unpaired) electrons. The fourth-order valence-corrected chi connectivity index (χ4v) is 2.50. The first-order chi connectivity index (χ1) is 13.1. The zero-order chi connectivity index (χ0) is 19.2. The van der Waals surface area contributed by atoms with Gasteiger partial charge in [0, 0.05) is 43.0 Å². The maximum absolute atomic E-state index is 12.2. The van der Waals surface area contributed by atoms with Gasteiger partial charge in [0.2, 0.25) is 0 Å². The molecule has 0 fully saturated rings. The van der Waals surface area contributed by atoms with Crippen molar-refractivity contribution in [2.45, 2.75) is 6.92 Å². The zero-order valence-electron chi connectivity index (χ0n) is 15.1. The standard InChI is InChI=1S/C20H20N6O/c1-13-7-8-18(23-11-13)26-19-9-17(15(12-24-19)20(27)22-2)25-16-6-4-3-5-14(16)10-21/h3-12,21H,1-2H3,(H,22,27)(H2,23,24,25,26). The maximum Gasteiger partial charge on any atom is 0.254 e. The second-order valence-electron chi connectivity index (χ2n) is 5.90. The molecule has 1 amide bonds. The van der Waals surface area contributed by atoms with E-state index in [0.717, 1.165) is 11.3 Å². The topological polar surface area (TPSA) is 103 Å². The number of pyridine rings is 2. The highest BCUT2D eigenvalue weighted by molar-refractivity contribution is 6.01. The molecule has 0 aliphatic heterocycles. The van der Waals surface area contributed by atoms with Crippen LogP contribution < -0.4 is 16.0 Å². The molecule has 0 saturated heterocycles. The van der Waals surface area contributed by atoms with Crippen LogP contribution in [0.25, 0.3) is 0 Å². The summed E-state index contributed by atoms with van der Waals surface area (Å²) in [6.07, 6.45) is 4.53. The van der Waals surface area contributed by atoms with Gasteiger partial charge in [0.15, 0.2) is 0 Å². The normalized spacial score (nSPS) is 10.1. The predicted octanol–water partition coefficient (Wildman–Crippen LogP) is 3.63. The number of carbonyl (C=O) groups is 1. The quantitative estimate of drug-likeness (QED) is 0.503. The minimum atomic E-state index is -0.252. The number of carbonyl (C=O) groups excluding carboxylic acids is 1. The summed E-state index contributed by atoms with van der Waals surface area (Å²) < 4.78 is 0. The third-order valence-corrected chi connectivity index (χ3v) is 3.93. The van der Waals surface area contributed by atoms with Gasteiger partial charge in [0.05, 0.1) is 11.3 Å². The molecule has 1 aromatic carbocycles. The Bertz CT molecular complexity index is 968. The minimum absolute atomic E-state index is 0.252. The lowest BCUT2D eigenvalue weighted by Gasteiger charge is -2.14. The van der Waals surface area contributed by atoms with E-state index in [1.807, 2.05) is 43.3 Å². The molecule has 7 nitrogen and oxygen atoms in total. The van der Waals surface area contributed by atoms with Gasteiger partial charge >= 0.3 is 0 Å². The molecule has 3 aromatic rings. The van der Waals surface area contributed by atoms with Crippen LogP contribution in [-0.4, -0.2) is 29.1 Å². The molecule has 2 heterocycles. The molecular weight excluding hydrogens is 340 g/mol. The highest BCUT2D eigenvalue weighted by Gasteiger charge is 2.13. The lowest BCUT2D eigenvalue weighted by molar-refractivity contribution is 0.0963. The number of benzene rings is 1. The first-order valence-electron chi connectivity index (χ1n) is 8.39. The summed E-state index contributed by atoms with van der Waals surface area (Å²) in [5.41, 5.74) is 3.48. The van der Waals surface area contributed by atoms with E-state index in [0.29, 0.717) is 28.5 Å². The van der Waals surface area contributed by atoms with E-state index in [9.17, 15) is 4.79 Å². The summed E-state index contributed by atoms with van der Waals surface area (Å²) in [7, 11) is 1.57. The molecule has 0 saturated carbocycles. The Morgan fingerprint density at radius 1 is 1.00 bits per heavy atom. The van der Waals surface area contributed by atoms with Crippen LogP contribution in [0.1, 0.15) is 21.5 Å². The average Bonchev–Trinajstić information content (AvgIpc) is 2.70. The summed E-state index contributed by atoms with van der Waals surface area (Å²) >= 11 is 0. The van der Waals surface area contributed by atoms with Gasteiger partial charge in [-0.2, -0.15) is 0 Å². The lowest BCUT2D eigenvalue weighted by atomic mass is 10.1. The zero-order valence-corrected chi connectivity index (χ0v) is 15.1. The molecule has 0 atom stereocenters. The summed E-state index contributed by atoms with van der Waals surface area (Å²) in [6.45, 7) is 1.97. The van der Waals surface area contributed by atoms with E-state index in [2.05, 4.69) is 25.9 Å². The second kappa shape index (κ2) is 8.09. The van der Waals surface area contributed by atoms with Gasteiger partial charge in [-0.1, -0.05) is 24.3 Å². The van der Waals surface area contributed by atoms with Crippen LogP contribution in [0, 0.1) is 12.3 Å². The number of nitrogens with zero attached hydrogens (tertiary/aromatic N) is 2. The predicted molar refractivity (Wildman–Crippen MR) is 107 cm³/mol. The van der Waals surface area contributed by atoms with Crippen LogP contribution in [0.2, 0.25) is 0 Å². The fraction of sp³-hybridized carbons (Fsp3) is 0.100. The Kier molecular flexibility index (Phi) is 5.41. The van der Waals surface area contributed by atoms with Crippen molar-refractivity contribution in [1.82, 2.24) is 15.3 Å². The van der Waals surface area contributed by atoms with Crippen molar-refractivity contribution in [2.24, 2.45) is 0 Å². The number of rotatable bonds is 6. The van der Waals surface area contributed by atoms with Crippen LogP contribution in [0.3, 0.4) is 0 Å². The number of nitrogens with one attached hydrogen (secondary N) is 4. The van der Waals surface area contributed by atoms with Gasteiger partial charge in [-0.3, -0.25) is 4.79 Å². The Hall–Kier alpha value is -3.74. The molecule has 0 unspecified atom stereocenters. The molecule has 7 heteroatoms. The second-order valence-corrected chi connectivity index (χ2v) is 5.90. The van der Waals surface area contributed by atoms with Gasteiger partial charge < -0.3 is 21.4 Å². The summed E-state index contributed by atoms with van der Waals surface area (Å²) in [6, 6.07) is 13.0. The smallest absolute Gasteiger partial charge is 0.254 e. The van der Waals surface area contributed by atoms with Crippen molar-refractivity contribution in [3.8, 4) is 0 Å². The molecule has 0 aliphatic carbocycles. The van der Waals surface area contributed by atoms with Gasteiger partial charge in [-0.15, -0.1) is 0 Å². The molecule has 3 rings (SSSR count). The third-order valence-electron chi connectivity index (χ3n) is 3.93. The number of aromatic nitrogens is 2. The van der Waals surface area contributed by atoms with E-state index in [4.69, 9.17) is 5.41 Å². The molecular formula is C20H20N6O. The average molecular weight is 360 g/mol. The molecule has 4 N–H and O–H groups in total. The number of para-hydroxylation sites is 1. The molecule has 0 bridgehead atoms. The highest BCUT2D eigenvalue weighted by Crippen LogP contribution is 2.26. The molecule has 0 spiro atoms. The summed E-state index contributed by atoms with van der Waals surface area (Å²) in [4.78, 5) is 20.8. The van der Waals surface area contributed by atoms with E-state index >= 15 is 0 Å². The molecule has 2 aromatic heterocycles. The summed E-state index contributed by atoms with van der Waals surface area (Å²) in [5.74, 6) is 0.956. The van der Waals surface area contributed by atoms with Crippen molar-refractivity contribution in [2.75, 3.05) is 17.7 Å². The molecule has 0 aliphatic rings. The van der Waals surface area contributed by atoms with Crippen LogP contribution in [0.5, 0.6) is 0 Å². The molecule has 136 valence electrons. The van der Waals surface area contributed by atoms with E-state index < -0.39 is 0 Å². The van der Waals surface area contributed by atoms with Crippen molar-refractivity contribution in [1.29, 1.82) is 5.41 Å². The lowest BCUT2D eigenvalue weighted by Crippen LogP contribution is -2.19. The van der Waals surface area contributed by atoms with Crippen LogP contribution >= 0.6 is 0 Å². The number of aryl methyl sites for hydroxylation is 1. The largest absolute Gasteiger partial charge is 0.355 e. The number of hydrogen-bond donors (Lipinski definition) is 4. The monoisotopic (exact) mass is 360 g/mol. The van der Waals surface area contributed by atoms with Crippen molar-refractivity contribution in [3.05, 3.63) is 71.5 Å². The SMILES string of the molecule is CNC(=O)c1cnc(Nc2ccc(C)cn2)cc1Nc1ccccc1C=N. The van der Waals surface area contributed by atoms with E-state index in [-0.39, 0.29) is 5.91 Å². The van der Waals surface area contributed by atoms with Gasteiger partial charge in [-0.25, -0.2) is 9.97 Å². The van der Waals surface area contributed by atoms with Crippen molar-refractivity contribution >= 4 is 35.1 Å². The number of anilines is 4. The van der Waals surface area contributed by atoms with Crippen molar-refractivity contribution < 1.29 is 4.79 Å². The third kappa shape index (κ3) is 4.27. The fourth-order valence-electron chi connectivity index (χ4n) is 2.50. The van der Waals surface area contributed by atoms with Gasteiger partial charge in [0.25, 0.3) is 5.91 Å².